The number of hydrogen-bond donors (Lipinski definition) is 2. The Hall–Kier alpha value is -2.02. The fraction of sp³-hybridized carbons (Fsp3) is 0.300. The van der Waals surface area contributed by atoms with Crippen molar-refractivity contribution in [1.82, 2.24) is 20.2 Å². The minimum Gasteiger partial charge on any atom is -0.379 e. The Kier molecular flexibility index (Phi) is 3.29. The summed E-state index contributed by atoms with van der Waals surface area (Å²) < 4.78 is 15.0. The van der Waals surface area contributed by atoms with Crippen molar-refractivity contribution in [2.45, 2.75) is 13.0 Å². The predicted octanol–water partition coefficient (Wildman–Crippen LogP) is 0.560. The molecule has 17 heavy (non-hydrogen) atoms. The van der Waals surface area contributed by atoms with Crippen molar-refractivity contribution in [3.8, 4) is 5.69 Å². The third-order valence-electron chi connectivity index (χ3n) is 2.32. The van der Waals surface area contributed by atoms with Gasteiger partial charge >= 0.3 is 0 Å². The zero-order valence-electron chi connectivity index (χ0n) is 9.34. The number of benzene rings is 1. The summed E-state index contributed by atoms with van der Waals surface area (Å²) in [5.41, 5.74) is 6.55. The second-order valence-corrected chi connectivity index (χ2v) is 3.70. The molecular formula is C10H13FN6. The molecular weight excluding hydrogens is 223 g/mol. The van der Waals surface area contributed by atoms with Gasteiger partial charge in [0.25, 0.3) is 0 Å². The maximum atomic E-state index is 13.5. The van der Waals surface area contributed by atoms with Crippen LogP contribution in [0.2, 0.25) is 0 Å². The Morgan fingerprint density at radius 1 is 1.53 bits per heavy atom. The summed E-state index contributed by atoms with van der Waals surface area (Å²) in [6.45, 7) is 2.30. The van der Waals surface area contributed by atoms with Crippen LogP contribution >= 0.6 is 0 Å². The van der Waals surface area contributed by atoms with Crippen molar-refractivity contribution in [2.75, 3.05) is 11.9 Å². The molecule has 2 aromatic rings. The minimum absolute atomic E-state index is 0.00591. The highest BCUT2D eigenvalue weighted by atomic mass is 19.1. The summed E-state index contributed by atoms with van der Waals surface area (Å²) in [5.74, 6) is -0.331. The van der Waals surface area contributed by atoms with Crippen molar-refractivity contribution in [1.29, 1.82) is 0 Å². The van der Waals surface area contributed by atoms with Crippen molar-refractivity contribution >= 4 is 5.69 Å². The molecule has 1 aromatic heterocycles. The zero-order chi connectivity index (χ0) is 12.3. The lowest BCUT2D eigenvalue weighted by molar-refractivity contribution is 0.625. The van der Waals surface area contributed by atoms with Gasteiger partial charge in [0.1, 0.15) is 12.1 Å². The molecule has 0 bridgehead atoms. The van der Waals surface area contributed by atoms with E-state index in [0.717, 1.165) is 0 Å². The molecule has 7 heteroatoms. The molecule has 0 radical (unpaired) electrons. The number of rotatable bonds is 4. The lowest BCUT2D eigenvalue weighted by Gasteiger charge is -2.14. The third kappa shape index (κ3) is 2.56. The highest BCUT2D eigenvalue weighted by molar-refractivity contribution is 5.52. The summed E-state index contributed by atoms with van der Waals surface area (Å²) in [7, 11) is 0. The van der Waals surface area contributed by atoms with Crippen LogP contribution in [0.4, 0.5) is 10.1 Å². The normalized spacial score (nSPS) is 12.4. The average molecular weight is 236 g/mol. The van der Waals surface area contributed by atoms with Gasteiger partial charge in [0.05, 0.1) is 11.4 Å². The molecule has 1 atom stereocenters. The number of nitrogens with one attached hydrogen (secondary N) is 1. The molecule has 1 aromatic carbocycles. The van der Waals surface area contributed by atoms with Crippen molar-refractivity contribution in [3.05, 3.63) is 30.3 Å². The standard InChI is InChI=1S/C10H13FN6/c1-7(5-12)14-10-4-8(2-3-9(10)11)17-6-13-15-16-17/h2-4,6-7,14H,5,12H2,1H3. The molecule has 2 rings (SSSR count). The zero-order valence-corrected chi connectivity index (χ0v) is 9.34. The van der Waals surface area contributed by atoms with Gasteiger partial charge < -0.3 is 11.1 Å². The summed E-state index contributed by atoms with van der Waals surface area (Å²) >= 11 is 0. The molecule has 0 saturated heterocycles. The summed E-state index contributed by atoms with van der Waals surface area (Å²) in [4.78, 5) is 0. The topological polar surface area (TPSA) is 81.6 Å². The lowest BCUT2D eigenvalue weighted by Crippen LogP contribution is -2.25. The van der Waals surface area contributed by atoms with Gasteiger partial charge in [0.2, 0.25) is 0 Å². The van der Waals surface area contributed by atoms with Crippen LogP contribution in [-0.4, -0.2) is 32.8 Å². The maximum Gasteiger partial charge on any atom is 0.146 e. The molecule has 0 amide bonds. The SMILES string of the molecule is CC(CN)Nc1cc(-n2cnnn2)ccc1F. The molecule has 0 aliphatic rings. The molecule has 0 aliphatic heterocycles. The number of tetrazole rings is 1. The highest BCUT2D eigenvalue weighted by Crippen LogP contribution is 2.18. The van der Waals surface area contributed by atoms with E-state index in [2.05, 4.69) is 20.8 Å². The Labute approximate surface area is 97.6 Å². The van der Waals surface area contributed by atoms with Crippen LogP contribution in [0.25, 0.3) is 5.69 Å². The highest BCUT2D eigenvalue weighted by Gasteiger charge is 2.07. The molecule has 1 heterocycles. The predicted molar refractivity (Wildman–Crippen MR) is 61.3 cm³/mol. The number of nitrogens with zero attached hydrogens (tertiary/aromatic N) is 4. The summed E-state index contributed by atoms with van der Waals surface area (Å²) in [6, 6.07) is 4.60. The molecule has 0 spiro atoms. The monoisotopic (exact) mass is 236 g/mol. The van der Waals surface area contributed by atoms with E-state index in [4.69, 9.17) is 5.73 Å². The molecule has 1 unspecified atom stereocenters. The second kappa shape index (κ2) is 4.88. The van der Waals surface area contributed by atoms with Gasteiger partial charge in [0.15, 0.2) is 0 Å². The quantitative estimate of drug-likeness (QED) is 0.810. The number of hydrogen-bond acceptors (Lipinski definition) is 5. The van der Waals surface area contributed by atoms with Crippen molar-refractivity contribution in [2.24, 2.45) is 5.73 Å². The Morgan fingerprint density at radius 2 is 2.35 bits per heavy atom. The molecule has 3 N–H and O–H groups in total. The van der Waals surface area contributed by atoms with E-state index < -0.39 is 0 Å². The first-order valence-electron chi connectivity index (χ1n) is 5.20. The van der Waals surface area contributed by atoms with Crippen LogP contribution in [0.3, 0.4) is 0 Å². The van der Waals surface area contributed by atoms with Gasteiger partial charge in [-0.1, -0.05) is 0 Å². The largest absolute Gasteiger partial charge is 0.379 e. The Bertz CT molecular complexity index is 484. The first-order chi connectivity index (χ1) is 8.20. The van der Waals surface area contributed by atoms with Crippen LogP contribution in [0, 0.1) is 5.82 Å². The fourth-order valence-corrected chi connectivity index (χ4v) is 1.37. The first-order valence-corrected chi connectivity index (χ1v) is 5.20. The van der Waals surface area contributed by atoms with E-state index in [0.29, 0.717) is 17.9 Å². The maximum absolute atomic E-state index is 13.5. The molecule has 0 fully saturated rings. The van der Waals surface area contributed by atoms with Crippen LogP contribution in [0.5, 0.6) is 0 Å². The van der Waals surface area contributed by atoms with Gasteiger partial charge in [-0.15, -0.1) is 5.10 Å². The number of halogens is 1. The second-order valence-electron chi connectivity index (χ2n) is 3.70. The van der Waals surface area contributed by atoms with Crippen molar-refractivity contribution < 1.29 is 4.39 Å². The number of anilines is 1. The smallest absolute Gasteiger partial charge is 0.146 e. The molecule has 0 aliphatic carbocycles. The van der Waals surface area contributed by atoms with Crippen molar-refractivity contribution in [3.63, 3.8) is 0 Å². The number of aromatic nitrogens is 4. The number of nitrogens with two attached hydrogens (primary N) is 1. The molecule has 6 nitrogen and oxygen atoms in total. The van der Waals surface area contributed by atoms with Gasteiger partial charge in [-0.05, 0) is 35.5 Å². The van der Waals surface area contributed by atoms with Gasteiger partial charge in [-0.2, -0.15) is 0 Å². The van der Waals surface area contributed by atoms with Crippen LogP contribution < -0.4 is 11.1 Å². The Balaban J connectivity index is 2.29. The lowest BCUT2D eigenvalue weighted by atomic mass is 10.2. The fourth-order valence-electron chi connectivity index (χ4n) is 1.37. The van der Waals surface area contributed by atoms with E-state index in [1.807, 2.05) is 6.92 Å². The van der Waals surface area contributed by atoms with Crippen LogP contribution in [0.15, 0.2) is 24.5 Å². The van der Waals surface area contributed by atoms with E-state index in [1.54, 1.807) is 12.1 Å². The third-order valence-corrected chi connectivity index (χ3v) is 2.32. The molecule has 90 valence electrons. The van der Waals surface area contributed by atoms with Gasteiger partial charge in [-0.3, -0.25) is 0 Å². The Morgan fingerprint density at radius 3 is 3.00 bits per heavy atom. The van der Waals surface area contributed by atoms with Crippen LogP contribution in [-0.2, 0) is 0 Å². The van der Waals surface area contributed by atoms with Gasteiger partial charge in [-0.25, -0.2) is 9.07 Å². The van der Waals surface area contributed by atoms with E-state index in [-0.39, 0.29) is 11.9 Å². The van der Waals surface area contributed by atoms with Crippen LogP contribution in [0.1, 0.15) is 6.92 Å². The van der Waals surface area contributed by atoms with Gasteiger partial charge in [0, 0.05) is 12.6 Å². The first kappa shape index (κ1) is 11.5. The van der Waals surface area contributed by atoms with E-state index in [9.17, 15) is 4.39 Å². The molecule has 0 saturated carbocycles. The average Bonchev–Trinajstić information content (AvgIpc) is 2.85. The summed E-state index contributed by atoms with van der Waals surface area (Å²) in [6.07, 6.45) is 1.45. The van der Waals surface area contributed by atoms with E-state index in [1.165, 1.54) is 17.1 Å². The van der Waals surface area contributed by atoms with E-state index >= 15 is 0 Å². The summed E-state index contributed by atoms with van der Waals surface area (Å²) in [5, 5.41) is 13.8. The minimum atomic E-state index is -0.331.